The highest BCUT2D eigenvalue weighted by Gasteiger charge is 2.49. The van der Waals surface area contributed by atoms with Crippen molar-refractivity contribution in [1.29, 1.82) is 0 Å². The van der Waals surface area contributed by atoms with Gasteiger partial charge in [0, 0.05) is 49.7 Å². The normalized spacial score (nSPS) is 23.8. The number of hydrogen-bond acceptors (Lipinski definition) is 8. The first-order valence-corrected chi connectivity index (χ1v) is 18.0. The molecule has 0 amide bonds. The van der Waals surface area contributed by atoms with E-state index in [1.165, 1.54) is 38.1 Å². The van der Waals surface area contributed by atoms with Gasteiger partial charge < -0.3 is 61.0 Å². The monoisotopic (exact) mass is 751 g/mol. The third-order valence-electron chi connectivity index (χ3n) is 11.4. The second-order valence-electron chi connectivity index (χ2n) is 14.5. The Morgan fingerprint density at radius 1 is 1.02 bits per heavy atom. The lowest BCUT2D eigenvalue weighted by atomic mass is 9.82. The molecule has 50 heavy (non-hydrogen) atoms. The summed E-state index contributed by atoms with van der Waals surface area (Å²) in [6, 6.07) is 18.0. The minimum atomic E-state index is -1.05. The van der Waals surface area contributed by atoms with Crippen molar-refractivity contribution < 1.29 is 50.7 Å². The van der Waals surface area contributed by atoms with Crippen LogP contribution in [-0.4, -0.2) is 76.8 Å². The first kappa shape index (κ1) is 36.6. The number of aromatic nitrogens is 1. The molecule has 11 heteroatoms. The lowest BCUT2D eigenvalue weighted by Crippen LogP contribution is -3.00. The van der Waals surface area contributed by atoms with Gasteiger partial charge in [0.2, 0.25) is 5.56 Å². The quantitative estimate of drug-likeness (QED) is 0.0922. The summed E-state index contributed by atoms with van der Waals surface area (Å²) in [7, 11) is 0. The van der Waals surface area contributed by atoms with Gasteiger partial charge in [0.1, 0.15) is 35.5 Å². The molecule has 4 fully saturated rings. The molecule has 0 radical (unpaired) electrons. The molecule has 1 aliphatic carbocycles. The average molecular weight is 753 g/mol. The van der Waals surface area contributed by atoms with Gasteiger partial charge in [0.15, 0.2) is 0 Å². The Bertz CT molecular complexity index is 1730. The van der Waals surface area contributed by atoms with E-state index in [0.29, 0.717) is 54.4 Å². The van der Waals surface area contributed by atoms with Crippen molar-refractivity contribution in [2.75, 3.05) is 45.9 Å². The summed E-state index contributed by atoms with van der Waals surface area (Å²) in [5.41, 5.74) is 0.685. The molecular formula is C39H50BrN3O7. The Morgan fingerprint density at radius 3 is 2.54 bits per heavy atom. The number of phenols is 1. The first-order chi connectivity index (χ1) is 23.8. The Kier molecular flexibility index (Phi) is 11.7. The topological polar surface area (TPSA) is 137 Å². The number of fused-ring (bicyclic) bond motifs is 4. The van der Waals surface area contributed by atoms with Crippen LogP contribution in [0.1, 0.15) is 67.9 Å². The molecule has 5 N–H and O–H groups in total. The van der Waals surface area contributed by atoms with Crippen molar-refractivity contribution >= 4 is 10.9 Å². The molecule has 4 aromatic rings. The Labute approximate surface area is 303 Å². The number of H-pyrrole nitrogens is 1. The number of quaternary nitrogens is 1. The largest absolute Gasteiger partial charge is 1.00 e. The van der Waals surface area contributed by atoms with Crippen LogP contribution in [0, 0.1) is 11.8 Å². The maximum absolute atomic E-state index is 11.8. The van der Waals surface area contributed by atoms with Gasteiger partial charge in [-0.05, 0) is 66.3 Å². The number of hydrogen-bond donors (Lipinski definition) is 5. The molecule has 3 aliphatic heterocycles. The van der Waals surface area contributed by atoms with Crippen LogP contribution in [0.15, 0.2) is 76.1 Å². The maximum atomic E-state index is 11.8. The Morgan fingerprint density at radius 2 is 1.80 bits per heavy atom. The number of piperidine rings is 3. The van der Waals surface area contributed by atoms with Crippen LogP contribution in [0.2, 0.25) is 0 Å². The predicted molar refractivity (Wildman–Crippen MR) is 186 cm³/mol. The van der Waals surface area contributed by atoms with Gasteiger partial charge in [-0.3, -0.25) is 4.79 Å². The summed E-state index contributed by atoms with van der Waals surface area (Å²) in [6.45, 7) is 6.30. The number of aromatic hydroxyl groups is 1. The standard InChI is InChI=1S/C39H49N3O7.BrH/c43-33-14-12-31(32-13-15-37(45)41-38(32)33)34(44)24-40-23-27-8-10-30(11-9-27)47-22-4-18-42-19-16-28(17-20-42)35(25-42)49-26-39(46,29-5-1-2-6-29)36-7-3-21-48-36;/h3,7-15,21,28-29,34-35,40,44,46H,1-2,4-6,16-20,22-26H2,(H-,41,43,45);1H/t28?,34-,35-,39+,42?;/m0./s1. The van der Waals surface area contributed by atoms with Gasteiger partial charge in [-0.1, -0.05) is 31.0 Å². The molecule has 2 aromatic carbocycles. The molecule has 3 atom stereocenters. The number of halogens is 1. The van der Waals surface area contributed by atoms with E-state index in [-0.39, 0.29) is 40.3 Å². The van der Waals surface area contributed by atoms with Crippen LogP contribution in [0.4, 0.5) is 0 Å². The SMILES string of the molecule is O=c1ccc2c([C@@H](O)CNCc3ccc(OCCC[N+]45CCC(CC4)[C@@H](OC[C@](O)(c4ccco4)C4CCCC4)C5)cc3)ccc(O)c2[nH]1.[Br-]. The summed E-state index contributed by atoms with van der Waals surface area (Å²) >= 11 is 0. The number of aliphatic hydroxyl groups excluding tert-OH is 1. The van der Waals surface area contributed by atoms with E-state index in [0.717, 1.165) is 61.0 Å². The number of phenolic OH excluding ortho intramolecular Hbond substituents is 1. The van der Waals surface area contributed by atoms with Crippen LogP contribution in [0.3, 0.4) is 0 Å². The molecule has 8 rings (SSSR count). The molecule has 10 nitrogen and oxygen atoms in total. The highest BCUT2D eigenvalue weighted by molar-refractivity contribution is 5.87. The number of rotatable bonds is 15. The van der Waals surface area contributed by atoms with Crippen LogP contribution < -0.4 is 32.6 Å². The molecule has 5 heterocycles. The molecule has 3 saturated heterocycles. The van der Waals surface area contributed by atoms with E-state index in [9.17, 15) is 20.1 Å². The zero-order valence-electron chi connectivity index (χ0n) is 28.6. The van der Waals surface area contributed by atoms with E-state index in [2.05, 4.69) is 10.3 Å². The number of nitrogens with zero attached hydrogens (tertiary/aromatic N) is 1. The van der Waals surface area contributed by atoms with E-state index in [4.69, 9.17) is 13.9 Å². The molecule has 1 saturated carbocycles. The van der Waals surface area contributed by atoms with Crippen molar-refractivity contribution in [2.45, 2.75) is 69.3 Å². The fraction of sp³-hybridized carbons (Fsp3) is 0.513. The minimum Gasteiger partial charge on any atom is -1.00 e. The van der Waals surface area contributed by atoms with E-state index in [1.807, 2.05) is 36.4 Å². The second kappa shape index (κ2) is 16.0. The van der Waals surface area contributed by atoms with Crippen LogP contribution >= 0.6 is 0 Å². The molecule has 0 unspecified atom stereocenters. The summed E-state index contributed by atoms with van der Waals surface area (Å²) in [5.74, 6) is 2.21. The Hall–Kier alpha value is -3.19. The lowest BCUT2D eigenvalue weighted by Gasteiger charge is -2.52. The van der Waals surface area contributed by atoms with Gasteiger partial charge in [-0.25, -0.2) is 0 Å². The number of benzene rings is 2. The third-order valence-corrected chi connectivity index (χ3v) is 11.4. The Balaban J connectivity index is 0.00000432. The highest BCUT2D eigenvalue weighted by atomic mass is 79.9. The smallest absolute Gasteiger partial charge is 0.248 e. The fourth-order valence-electron chi connectivity index (χ4n) is 8.58. The van der Waals surface area contributed by atoms with Gasteiger partial charge in [-0.15, -0.1) is 0 Å². The van der Waals surface area contributed by atoms with Crippen molar-refractivity contribution in [3.05, 3.63) is 94.2 Å². The number of ether oxygens (including phenoxy) is 2. The summed E-state index contributed by atoms with van der Waals surface area (Å²) in [6.07, 6.45) is 8.67. The van der Waals surface area contributed by atoms with Crippen molar-refractivity contribution in [1.82, 2.24) is 10.3 Å². The number of aliphatic hydroxyl groups is 2. The molecule has 2 bridgehead atoms. The predicted octanol–water partition coefficient (Wildman–Crippen LogP) is 2.13. The fourth-order valence-corrected chi connectivity index (χ4v) is 8.58. The van der Waals surface area contributed by atoms with E-state index >= 15 is 0 Å². The van der Waals surface area contributed by atoms with Crippen LogP contribution in [0.25, 0.3) is 10.9 Å². The number of furan rings is 1. The average Bonchev–Trinajstić information content (AvgIpc) is 3.87. The molecule has 4 aliphatic rings. The van der Waals surface area contributed by atoms with Gasteiger partial charge in [-0.2, -0.15) is 0 Å². The second-order valence-corrected chi connectivity index (χ2v) is 14.5. The third kappa shape index (κ3) is 7.98. The van der Waals surface area contributed by atoms with E-state index in [1.54, 1.807) is 18.4 Å². The van der Waals surface area contributed by atoms with Crippen LogP contribution in [-0.2, 0) is 16.9 Å². The van der Waals surface area contributed by atoms with Gasteiger partial charge >= 0.3 is 0 Å². The summed E-state index contributed by atoms with van der Waals surface area (Å²) < 4.78 is 19.6. The van der Waals surface area contributed by atoms with Crippen molar-refractivity contribution in [3.63, 3.8) is 0 Å². The van der Waals surface area contributed by atoms with E-state index < -0.39 is 11.7 Å². The lowest BCUT2D eigenvalue weighted by molar-refractivity contribution is -0.946. The molecule has 0 spiro atoms. The summed E-state index contributed by atoms with van der Waals surface area (Å²) in [5, 5.41) is 36.7. The minimum absolute atomic E-state index is 0. The number of pyridine rings is 1. The van der Waals surface area contributed by atoms with Gasteiger partial charge in [0.25, 0.3) is 0 Å². The first-order valence-electron chi connectivity index (χ1n) is 18.0. The zero-order valence-corrected chi connectivity index (χ0v) is 30.2. The number of nitrogens with one attached hydrogen (secondary N) is 2. The maximum Gasteiger partial charge on any atom is 0.248 e. The summed E-state index contributed by atoms with van der Waals surface area (Å²) in [4.78, 5) is 14.3. The van der Waals surface area contributed by atoms with Crippen molar-refractivity contribution in [2.24, 2.45) is 11.8 Å². The van der Waals surface area contributed by atoms with Gasteiger partial charge in [0.05, 0.1) is 50.7 Å². The zero-order chi connectivity index (χ0) is 33.8. The van der Waals surface area contributed by atoms with Crippen LogP contribution in [0.5, 0.6) is 11.5 Å². The molecule has 2 aromatic heterocycles. The molecular weight excluding hydrogens is 702 g/mol. The molecule has 270 valence electrons. The highest BCUT2D eigenvalue weighted by Crippen LogP contribution is 2.43. The number of aromatic amines is 1. The van der Waals surface area contributed by atoms with Crippen molar-refractivity contribution in [3.8, 4) is 11.5 Å².